The molecule has 0 aliphatic carbocycles. The fourth-order valence-electron chi connectivity index (χ4n) is 3.69. The first-order valence-electron chi connectivity index (χ1n) is 10.6. The molecule has 1 aliphatic heterocycles. The van der Waals surface area contributed by atoms with Crippen molar-refractivity contribution in [3.8, 4) is 11.6 Å². The van der Waals surface area contributed by atoms with Crippen LogP contribution in [0.5, 0.6) is 11.6 Å². The van der Waals surface area contributed by atoms with Gasteiger partial charge in [0.2, 0.25) is 11.8 Å². The van der Waals surface area contributed by atoms with Crippen molar-refractivity contribution in [2.45, 2.75) is 25.7 Å². The second-order valence-corrected chi connectivity index (χ2v) is 7.79. The Bertz CT molecular complexity index is 1000. The van der Waals surface area contributed by atoms with Crippen molar-refractivity contribution in [1.82, 2.24) is 9.88 Å². The summed E-state index contributed by atoms with van der Waals surface area (Å²) in [5.74, 6) is 0.926. The average molecular weight is 420 g/mol. The number of benzene rings is 2. The number of hydrogen-bond donors (Lipinski definition) is 1. The summed E-state index contributed by atoms with van der Waals surface area (Å²) in [7, 11) is 0. The number of nitrogens with one attached hydrogen (secondary N) is 1. The van der Waals surface area contributed by atoms with Crippen molar-refractivity contribution in [2.24, 2.45) is 0 Å². The molecule has 1 aromatic heterocycles. The molecular weight excluding hydrogens is 393 g/mol. The smallest absolute Gasteiger partial charge is 0.238 e. The van der Waals surface area contributed by atoms with Crippen molar-refractivity contribution in [2.75, 3.05) is 25.0 Å². The molecule has 31 heavy (non-hydrogen) atoms. The maximum Gasteiger partial charge on any atom is 0.238 e. The van der Waals surface area contributed by atoms with Crippen LogP contribution in [0.2, 0.25) is 0 Å². The first-order chi connectivity index (χ1) is 15.1. The molecule has 1 N–H and O–H groups in total. The number of carbonyl (C=O) groups excluding carboxylic acids is 1. The Morgan fingerprint density at radius 1 is 1.00 bits per heavy atom. The molecule has 1 fully saturated rings. The first kappa shape index (κ1) is 21.0. The number of halogens is 1. The van der Waals surface area contributed by atoms with Crippen LogP contribution in [0.15, 0.2) is 66.9 Å². The lowest BCUT2D eigenvalue weighted by atomic mass is 10.0. The lowest BCUT2D eigenvalue weighted by Gasteiger charge is -2.14. The van der Waals surface area contributed by atoms with Gasteiger partial charge in [0, 0.05) is 6.07 Å². The Kier molecular flexibility index (Phi) is 6.89. The monoisotopic (exact) mass is 419 g/mol. The van der Waals surface area contributed by atoms with Crippen LogP contribution >= 0.6 is 0 Å². The summed E-state index contributed by atoms with van der Waals surface area (Å²) < 4.78 is 19.1. The predicted octanol–water partition coefficient (Wildman–Crippen LogP) is 4.83. The molecular formula is C25H26FN3O2. The number of aromatic nitrogens is 1. The molecule has 6 heteroatoms. The van der Waals surface area contributed by atoms with Gasteiger partial charge in [-0.05, 0) is 80.2 Å². The number of carbonyl (C=O) groups is 1. The SMILES string of the molecule is O=C(CN1CCCC1)Nc1ccc(Oc2ccc(CCc3cccc(F)c3)cc2)nc1. The Balaban J connectivity index is 1.26. The van der Waals surface area contributed by atoms with Crippen LogP contribution in [0.4, 0.5) is 10.1 Å². The topological polar surface area (TPSA) is 54.5 Å². The minimum Gasteiger partial charge on any atom is -0.439 e. The van der Waals surface area contributed by atoms with E-state index in [4.69, 9.17) is 4.74 Å². The minimum absolute atomic E-state index is 0.0220. The van der Waals surface area contributed by atoms with Gasteiger partial charge in [0.1, 0.15) is 11.6 Å². The predicted molar refractivity (Wildman–Crippen MR) is 119 cm³/mol. The number of amides is 1. The van der Waals surface area contributed by atoms with Crippen molar-refractivity contribution in [3.63, 3.8) is 0 Å². The molecule has 2 heterocycles. The van der Waals surface area contributed by atoms with E-state index in [2.05, 4.69) is 15.2 Å². The quantitative estimate of drug-likeness (QED) is 0.568. The number of anilines is 1. The standard InChI is InChI=1S/C25H26FN3O2/c26-21-5-3-4-20(16-21)7-6-19-8-11-23(12-9-19)31-25-13-10-22(17-27-25)28-24(30)18-29-14-1-2-15-29/h3-5,8-13,16-17H,1-2,6-7,14-15,18H2,(H,28,30). The summed E-state index contributed by atoms with van der Waals surface area (Å²) >= 11 is 0. The van der Waals surface area contributed by atoms with Crippen molar-refractivity contribution >= 4 is 11.6 Å². The Morgan fingerprint density at radius 2 is 1.77 bits per heavy atom. The third-order valence-corrected chi connectivity index (χ3v) is 5.32. The Morgan fingerprint density at radius 3 is 2.48 bits per heavy atom. The van der Waals surface area contributed by atoms with E-state index in [9.17, 15) is 9.18 Å². The summed E-state index contributed by atoms with van der Waals surface area (Å²) in [5, 5.41) is 2.88. The van der Waals surface area contributed by atoms with E-state index >= 15 is 0 Å². The van der Waals surface area contributed by atoms with Gasteiger partial charge >= 0.3 is 0 Å². The lowest BCUT2D eigenvalue weighted by molar-refractivity contribution is -0.117. The fourth-order valence-corrected chi connectivity index (χ4v) is 3.69. The van der Waals surface area contributed by atoms with Crippen LogP contribution in [0.25, 0.3) is 0 Å². The molecule has 0 unspecified atom stereocenters. The summed E-state index contributed by atoms with van der Waals surface area (Å²) in [6.07, 6.45) is 5.53. The van der Waals surface area contributed by atoms with E-state index in [1.165, 1.54) is 6.07 Å². The second-order valence-electron chi connectivity index (χ2n) is 7.79. The zero-order valence-corrected chi connectivity index (χ0v) is 17.4. The number of pyridine rings is 1. The zero-order chi connectivity index (χ0) is 21.5. The highest BCUT2D eigenvalue weighted by Crippen LogP contribution is 2.21. The maximum absolute atomic E-state index is 13.3. The van der Waals surface area contributed by atoms with Gasteiger partial charge < -0.3 is 10.1 Å². The molecule has 0 bridgehead atoms. The third-order valence-electron chi connectivity index (χ3n) is 5.32. The Hall–Kier alpha value is -3.25. The summed E-state index contributed by atoms with van der Waals surface area (Å²) in [5.41, 5.74) is 2.79. The van der Waals surface area contributed by atoms with Gasteiger partial charge in [-0.1, -0.05) is 24.3 Å². The van der Waals surface area contributed by atoms with Gasteiger partial charge in [-0.3, -0.25) is 9.69 Å². The van der Waals surface area contributed by atoms with Gasteiger partial charge in [0.15, 0.2) is 0 Å². The van der Waals surface area contributed by atoms with Crippen LogP contribution in [0.3, 0.4) is 0 Å². The van der Waals surface area contributed by atoms with E-state index in [1.54, 1.807) is 30.5 Å². The molecule has 2 aromatic carbocycles. The normalized spacial score (nSPS) is 13.8. The second kappa shape index (κ2) is 10.2. The highest BCUT2D eigenvalue weighted by Gasteiger charge is 2.15. The van der Waals surface area contributed by atoms with Gasteiger partial charge in [-0.2, -0.15) is 0 Å². The molecule has 1 aliphatic rings. The lowest BCUT2D eigenvalue weighted by Crippen LogP contribution is -2.30. The molecule has 5 nitrogen and oxygen atoms in total. The molecule has 160 valence electrons. The number of hydrogen-bond acceptors (Lipinski definition) is 4. The number of rotatable bonds is 8. The van der Waals surface area contributed by atoms with E-state index < -0.39 is 0 Å². The average Bonchev–Trinajstić information content (AvgIpc) is 3.28. The molecule has 3 aromatic rings. The molecule has 0 radical (unpaired) electrons. The number of likely N-dealkylation sites (tertiary alicyclic amines) is 1. The first-order valence-corrected chi connectivity index (χ1v) is 10.6. The van der Waals surface area contributed by atoms with Crippen LogP contribution in [0, 0.1) is 5.82 Å². The van der Waals surface area contributed by atoms with E-state index in [-0.39, 0.29) is 11.7 Å². The Labute approximate surface area is 181 Å². The van der Waals surface area contributed by atoms with Crippen molar-refractivity contribution in [1.29, 1.82) is 0 Å². The number of aryl methyl sites for hydroxylation is 2. The maximum atomic E-state index is 13.3. The largest absolute Gasteiger partial charge is 0.439 e. The van der Waals surface area contributed by atoms with E-state index in [1.807, 2.05) is 30.3 Å². The molecule has 1 saturated heterocycles. The molecule has 0 spiro atoms. The van der Waals surface area contributed by atoms with Crippen molar-refractivity contribution in [3.05, 3.63) is 83.8 Å². The van der Waals surface area contributed by atoms with Gasteiger partial charge in [0.05, 0.1) is 18.4 Å². The van der Waals surface area contributed by atoms with Crippen LogP contribution in [-0.4, -0.2) is 35.4 Å². The number of nitrogens with zero attached hydrogens (tertiary/aromatic N) is 2. The summed E-state index contributed by atoms with van der Waals surface area (Å²) in [4.78, 5) is 18.5. The number of ether oxygens (including phenoxy) is 1. The fraction of sp³-hybridized carbons (Fsp3) is 0.280. The van der Waals surface area contributed by atoms with Gasteiger partial charge in [0.25, 0.3) is 0 Å². The van der Waals surface area contributed by atoms with Gasteiger partial charge in [-0.25, -0.2) is 9.37 Å². The summed E-state index contributed by atoms with van der Waals surface area (Å²) in [6, 6.07) is 18.0. The summed E-state index contributed by atoms with van der Waals surface area (Å²) in [6.45, 7) is 2.40. The van der Waals surface area contributed by atoms with Gasteiger partial charge in [-0.15, -0.1) is 0 Å². The highest BCUT2D eigenvalue weighted by molar-refractivity contribution is 5.92. The van der Waals surface area contributed by atoms with Crippen LogP contribution < -0.4 is 10.1 Å². The molecule has 0 saturated carbocycles. The minimum atomic E-state index is -0.203. The van der Waals surface area contributed by atoms with Crippen molar-refractivity contribution < 1.29 is 13.9 Å². The molecule has 0 atom stereocenters. The van der Waals surface area contributed by atoms with Crippen LogP contribution in [-0.2, 0) is 17.6 Å². The molecule has 4 rings (SSSR count). The third kappa shape index (κ3) is 6.36. The van der Waals surface area contributed by atoms with E-state index in [0.717, 1.165) is 49.9 Å². The van der Waals surface area contributed by atoms with E-state index in [0.29, 0.717) is 23.9 Å². The zero-order valence-electron chi connectivity index (χ0n) is 17.4. The molecule has 1 amide bonds. The van der Waals surface area contributed by atoms with Crippen LogP contribution in [0.1, 0.15) is 24.0 Å². The highest BCUT2D eigenvalue weighted by atomic mass is 19.1.